The highest BCUT2D eigenvalue weighted by molar-refractivity contribution is 5.96. The molecule has 1 amide bonds. The Morgan fingerprint density at radius 3 is 2.68 bits per heavy atom. The zero-order valence-electron chi connectivity index (χ0n) is 15.7. The molecule has 2 heterocycles. The standard InChI is InChI=1S/C20H24N6O2/c1-2-9-23-19(27)13-3-5-15(6-4-13)25-18-17-14(7-10-24-20(17)28)12-16(26-18)22-11-8-21/h3-7,10,12H,2,8-9,11,21H2,1H3,(H,23,27)(H,24,28)(H2,22,25,26). The molecule has 0 fully saturated rings. The molecule has 0 saturated heterocycles. The molecular weight excluding hydrogens is 356 g/mol. The van der Waals surface area contributed by atoms with Gasteiger partial charge in [-0.2, -0.15) is 0 Å². The van der Waals surface area contributed by atoms with Gasteiger partial charge in [0.05, 0.1) is 5.39 Å². The van der Waals surface area contributed by atoms with Crippen molar-refractivity contribution in [3.8, 4) is 0 Å². The summed E-state index contributed by atoms with van der Waals surface area (Å²) in [7, 11) is 0. The van der Waals surface area contributed by atoms with Crippen molar-refractivity contribution in [2.45, 2.75) is 13.3 Å². The number of aromatic nitrogens is 2. The van der Waals surface area contributed by atoms with E-state index in [1.54, 1.807) is 30.5 Å². The smallest absolute Gasteiger partial charge is 0.259 e. The number of hydrogen-bond acceptors (Lipinski definition) is 6. The molecule has 8 heteroatoms. The van der Waals surface area contributed by atoms with Gasteiger partial charge in [0.15, 0.2) is 0 Å². The maximum Gasteiger partial charge on any atom is 0.259 e. The van der Waals surface area contributed by atoms with Gasteiger partial charge in [0, 0.05) is 37.1 Å². The van der Waals surface area contributed by atoms with Gasteiger partial charge in [-0.25, -0.2) is 4.98 Å². The lowest BCUT2D eigenvalue weighted by molar-refractivity contribution is 0.0953. The fourth-order valence-electron chi connectivity index (χ4n) is 2.78. The second kappa shape index (κ2) is 9.01. The summed E-state index contributed by atoms with van der Waals surface area (Å²) in [5, 5.41) is 10.4. The topological polar surface area (TPSA) is 125 Å². The van der Waals surface area contributed by atoms with E-state index >= 15 is 0 Å². The number of nitrogens with zero attached hydrogens (tertiary/aromatic N) is 1. The minimum absolute atomic E-state index is 0.110. The highest BCUT2D eigenvalue weighted by Crippen LogP contribution is 2.25. The highest BCUT2D eigenvalue weighted by Gasteiger charge is 2.11. The Bertz CT molecular complexity index is 1010. The summed E-state index contributed by atoms with van der Waals surface area (Å²) in [6.45, 7) is 3.69. The van der Waals surface area contributed by atoms with Crippen molar-refractivity contribution in [3.63, 3.8) is 0 Å². The van der Waals surface area contributed by atoms with E-state index in [1.807, 2.05) is 19.1 Å². The van der Waals surface area contributed by atoms with Gasteiger partial charge in [-0.1, -0.05) is 6.92 Å². The number of carbonyl (C=O) groups excluding carboxylic acids is 1. The fraction of sp³-hybridized carbons (Fsp3) is 0.250. The van der Waals surface area contributed by atoms with Crippen LogP contribution >= 0.6 is 0 Å². The first-order valence-corrected chi connectivity index (χ1v) is 9.24. The molecule has 28 heavy (non-hydrogen) atoms. The number of fused-ring (bicyclic) bond motifs is 1. The summed E-state index contributed by atoms with van der Waals surface area (Å²) in [5.74, 6) is 0.949. The highest BCUT2D eigenvalue weighted by atomic mass is 16.1. The Balaban J connectivity index is 1.90. The van der Waals surface area contributed by atoms with Crippen LogP contribution < -0.4 is 27.2 Å². The van der Waals surface area contributed by atoms with Gasteiger partial charge in [-0.15, -0.1) is 0 Å². The first-order valence-electron chi connectivity index (χ1n) is 9.24. The summed E-state index contributed by atoms with van der Waals surface area (Å²) in [6, 6.07) is 10.7. The van der Waals surface area contributed by atoms with Gasteiger partial charge < -0.3 is 26.7 Å². The molecule has 8 nitrogen and oxygen atoms in total. The fourth-order valence-corrected chi connectivity index (χ4v) is 2.78. The van der Waals surface area contributed by atoms with Crippen LogP contribution in [0.4, 0.5) is 17.3 Å². The van der Waals surface area contributed by atoms with E-state index in [0.29, 0.717) is 42.2 Å². The number of amides is 1. The molecule has 0 aliphatic rings. The largest absolute Gasteiger partial charge is 0.369 e. The van der Waals surface area contributed by atoms with Gasteiger partial charge in [-0.05, 0) is 48.2 Å². The monoisotopic (exact) mass is 380 g/mol. The van der Waals surface area contributed by atoms with Crippen LogP contribution in [0.1, 0.15) is 23.7 Å². The van der Waals surface area contributed by atoms with Crippen LogP contribution in [0, 0.1) is 0 Å². The first-order chi connectivity index (χ1) is 13.6. The first kappa shape index (κ1) is 19.4. The molecule has 3 aromatic rings. The molecule has 0 atom stereocenters. The maximum atomic E-state index is 12.3. The SMILES string of the molecule is CCCNC(=O)c1ccc(Nc2nc(NCCN)cc3cc[nH]c(=O)c23)cc1. The molecule has 0 spiro atoms. The predicted octanol–water partition coefficient (Wildman–Crippen LogP) is 2.18. The normalized spacial score (nSPS) is 10.6. The number of pyridine rings is 2. The summed E-state index contributed by atoms with van der Waals surface area (Å²) in [6.07, 6.45) is 2.48. The lowest BCUT2D eigenvalue weighted by atomic mass is 10.1. The second-order valence-corrected chi connectivity index (χ2v) is 6.30. The molecule has 1 aromatic carbocycles. The second-order valence-electron chi connectivity index (χ2n) is 6.30. The number of carbonyl (C=O) groups is 1. The summed E-state index contributed by atoms with van der Waals surface area (Å²) in [5.41, 5.74) is 6.62. The van der Waals surface area contributed by atoms with Crippen LogP contribution in [0.5, 0.6) is 0 Å². The van der Waals surface area contributed by atoms with Crippen LogP contribution in [0.25, 0.3) is 10.8 Å². The number of benzene rings is 1. The van der Waals surface area contributed by atoms with E-state index in [0.717, 1.165) is 17.5 Å². The van der Waals surface area contributed by atoms with E-state index < -0.39 is 0 Å². The average Bonchev–Trinajstić information content (AvgIpc) is 2.71. The minimum Gasteiger partial charge on any atom is -0.369 e. The third-order valence-electron chi connectivity index (χ3n) is 4.15. The van der Waals surface area contributed by atoms with Crippen molar-refractivity contribution in [1.29, 1.82) is 0 Å². The van der Waals surface area contributed by atoms with E-state index in [4.69, 9.17) is 5.73 Å². The number of H-pyrrole nitrogens is 1. The average molecular weight is 380 g/mol. The zero-order chi connectivity index (χ0) is 19.9. The van der Waals surface area contributed by atoms with E-state index in [1.165, 1.54) is 0 Å². The molecule has 0 unspecified atom stereocenters. The minimum atomic E-state index is -0.228. The van der Waals surface area contributed by atoms with Gasteiger partial charge >= 0.3 is 0 Å². The summed E-state index contributed by atoms with van der Waals surface area (Å²) >= 11 is 0. The molecule has 2 aromatic heterocycles. The Hall–Kier alpha value is -3.39. The molecule has 146 valence electrons. The van der Waals surface area contributed by atoms with E-state index in [9.17, 15) is 9.59 Å². The molecule has 6 N–H and O–H groups in total. The predicted molar refractivity (Wildman–Crippen MR) is 112 cm³/mol. The van der Waals surface area contributed by atoms with E-state index in [2.05, 4.69) is 25.9 Å². The number of anilines is 3. The third-order valence-corrected chi connectivity index (χ3v) is 4.15. The number of aromatic amines is 1. The van der Waals surface area contributed by atoms with Gasteiger partial charge in [0.2, 0.25) is 0 Å². The Labute approximate surface area is 162 Å². The summed E-state index contributed by atoms with van der Waals surface area (Å²) < 4.78 is 0. The lowest BCUT2D eigenvalue weighted by Gasteiger charge is -2.12. The molecule has 0 radical (unpaired) electrons. The third kappa shape index (κ3) is 4.47. The Kier molecular flexibility index (Phi) is 6.23. The number of hydrogen-bond donors (Lipinski definition) is 5. The Morgan fingerprint density at radius 1 is 1.18 bits per heavy atom. The lowest BCUT2D eigenvalue weighted by Crippen LogP contribution is -2.23. The van der Waals surface area contributed by atoms with Crippen molar-refractivity contribution in [3.05, 3.63) is 58.5 Å². The molecule has 0 saturated carbocycles. The quantitative estimate of drug-likeness (QED) is 0.408. The van der Waals surface area contributed by atoms with Crippen LogP contribution in [0.3, 0.4) is 0 Å². The van der Waals surface area contributed by atoms with Crippen LogP contribution in [-0.4, -0.2) is 35.5 Å². The maximum absolute atomic E-state index is 12.3. The van der Waals surface area contributed by atoms with Crippen LogP contribution in [-0.2, 0) is 0 Å². The van der Waals surface area contributed by atoms with Crippen molar-refractivity contribution in [1.82, 2.24) is 15.3 Å². The summed E-state index contributed by atoms with van der Waals surface area (Å²) in [4.78, 5) is 31.6. The number of nitrogens with one attached hydrogen (secondary N) is 4. The zero-order valence-corrected chi connectivity index (χ0v) is 15.7. The van der Waals surface area contributed by atoms with Crippen molar-refractivity contribution in [2.75, 3.05) is 30.3 Å². The van der Waals surface area contributed by atoms with Crippen LogP contribution in [0.15, 0.2) is 47.4 Å². The molecule has 0 aliphatic carbocycles. The Morgan fingerprint density at radius 2 is 1.96 bits per heavy atom. The molecular formula is C20H24N6O2. The van der Waals surface area contributed by atoms with Crippen molar-refractivity contribution < 1.29 is 4.79 Å². The molecule has 0 aliphatic heterocycles. The number of nitrogens with two attached hydrogens (primary N) is 1. The van der Waals surface area contributed by atoms with E-state index in [-0.39, 0.29) is 11.5 Å². The van der Waals surface area contributed by atoms with Gasteiger partial charge in [0.1, 0.15) is 11.6 Å². The molecule has 0 bridgehead atoms. The number of rotatable bonds is 8. The van der Waals surface area contributed by atoms with Crippen LogP contribution in [0.2, 0.25) is 0 Å². The van der Waals surface area contributed by atoms with Crippen molar-refractivity contribution in [2.24, 2.45) is 5.73 Å². The molecule has 3 rings (SSSR count). The van der Waals surface area contributed by atoms with Gasteiger partial charge in [-0.3, -0.25) is 9.59 Å². The van der Waals surface area contributed by atoms with Crippen molar-refractivity contribution >= 4 is 34.0 Å². The van der Waals surface area contributed by atoms with Gasteiger partial charge in [0.25, 0.3) is 11.5 Å².